The first kappa shape index (κ1) is 24.4. The van der Waals surface area contributed by atoms with Gasteiger partial charge in [0.15, 0.2) is 0 Å². The lowest BCUT2D eigenvalue weighted by molar-refractivity contribution is 0.0902. The van der Waals surface area contributed by atoms with E-state index < -0.39 is 10.8 Å². The standard InChI is InChI=1S/C26H30N6O3S/c1-36(34)21-4-2-19(3-5-21)31-26(33)22-16-28-24(13-23(22)30-20-7-10-35-11-8-20)32-9-6-18-12-17(14-27)15-29-25(18)32/h6,9,12-13,15-16,19-21H,2-5,7-8,10-11H2,1H3,(H,28,30)(H,31,33). The van der Waals surface area contributed by atoms with Crippen LogP contribution in [0.3, 0.4) is 0 Å². The first-order valence-corrected chi connectivity index (χ1v) is 14.0. The number of nitrogens with one attached hydrogen (secondary N) is 2. The fraction of sp³-hybridized carbons (Fsp3) is 0.462. The summed E-state index contributed by atoms with van der Waals surface area (Å²) in [6.07, 6.45) is 11.9. The number of carbonyl (C=O) groups is 1. The number of fused-ring (bicyclic) bond motifs is 1. The first-order chi connectivity index (χ1) is 17.5. The molecule has 1 amide bonds. The maximum atomic E-state index is 13.3. The average molecular weight is 507 g/mol. The molecular weight excluding hydrogens is 476 g/mol. The van der Waals surface area contributed by atoms with Crippen LogP contribution in [0.25, 0.3) is 16.9 Å². The summed E-state index contributed by atoms with van der Waals surface area (Å²) in [7, 11) is -0.820. The molecule has 0 radical (unpaired) electrons. The second-order valence-corrected chi connectivity index (χ2v) is 11.2. The third-order valence-corrected chi connectivity index (χ3v) is 8.51. The Bertz CT molecular complexity index is 1320. The number of ether oxygens (including phenoxy) is 1. The molecule has 1 atom stereocenters. The third-order valence-electron chi connectivity index (χ3n) is 7.10. The largest absolute Gasteiger partial charge is 0.381 e. The van der Waals surface area contributed by atoms with E-state index in [2.05, 4.69) is 26.7 Å². The number of rotatable bonds is 6. The Kier molecular flexibility index (Phi) is 7.30. The molecule has 4 heterocycles. The fourth-order valence-corrected chi connectivity index (χ4v) is 5.95. The van der Waals surface area contributed by atoms with E-state index in [0.29, 0.717) is 35.8 Å². The van der Waals surface area contributed by atoms with Gasteiger partial charge >= 0.3 is 0 Å². The van der Waals surface area contributed by atoms with Crippen molar-refractivity contribution < 1.29 is 13.7 Å². The van der Waals surface area contributed by atoms with Crippen molar-refractivity contribution in [2.24, 2.45) is 0 Å². The topological polar surface area (TPSA) is 122 Å². The fourth-order valence-electron chi connectivity index (χ4n) is 5.01. The molecule has 9 nitrogen and oxygen atoms in total. The molecule has 3 aromatic heterocycles. The van der Waals surface area contributed by atoms with Gasteiger partial charge in [0.1, 0.15) is 17.5 Å². The van der Waals surface area contributed by atoms with Crippen LogP contribution >= 0.6 is 0 Å². The van der Waals surface area contributed by atoms with Crippen molar-refractivity contribution in [3.05, 3.63) is 47.9 Å². The normalized spacial score (nSPS) is 21.6. The molecule has 36 heavy (non-hydrogen) atoms. The van der Waals surface area contributed by atoms with Crippen molar-refractivity contribution in [1.82, 2.24) is 19.9 Å². The first-order valence-electron chi connectivity index (χ1n) is 12.4. The number of aromatic nitrogens is 3. The molecule has 0 aromatic carbocycles. The Labute approximate surface area is 212 Å². The van der Waals surface area contributed by atoms with Crippen LogP contribution in [0.2, 0.25) is 0 Å². The van der Waals surface area contributed by atoms with Gasteiger partial charge < -0.3 is 15.4 Å². The lowest BCUT2D eigenvalue weighted by Gasteiger charge is -2.29. The summed E-state index contributed by atoms with van der Waals surface area (Å²) in [5.74, 6) is 0.484. The van der Waals surface area contributed by atoms with Crippen molar-refractivity contribution in [2.75, 3.05) is 24.8 Å². The summed E-state index contributed by atoms with van der Waals surface area (Å²) >= 11 is 0. The summed E-state index contributed by atoms with van der Waals surface area (Å²) in [5, 5.41) is 17.0. The quantitative estimate of drug-likeness (QED) is 0.526. The van der Waals surface area contributed by atoms with Crippen LogP contribution in [0.4, 0.5) is 5.69 Å². The Morgan fingerprint density at radius 3 is 2.61 bits per heavy atom. The van der Waals surface area contributed by atoms with Gasteiger partial charge in [-0.25, -0.2) is 9.97 Å². The van der Waals surface area contributed by atoms with Gasteiger partial charge in [0.2, 0.25) is 0 Å². The molecule has 10 heteroatoms. The number of amides is 1. The number of carbonyl (C=O) groups excluding carboxylic acids is 1. The van der Waals surface area contributed by atoms with E-state index in [1.54, 1.807) is 24.7 Å². The van der Waals surface area contributed by atoms with E-state index in [1.807, 2.05) is 22.9 Å². The van der Waals surface area contributed by atoms with Gasteiger partial charge in [0, 0.05) is 77.6 Å². The van der Waals surface area contributed by atoms with Crippen LogP contribution in [-0.4, -0.2) is 61.5 Å². The second-order valence-electron chi connectivity index (χ2n) is 9.50. The SMILES string of the molecule is CS(=O)C1CCC(NC(=O)c2cnc(-n3ccc4cc(C#N)cnc43)cc2NC2CCOCC2)CC1. The van der Waals surface area contributed by atoms with E-state index in [1.165, 1.54) is 0 Å². The maximum absolute atomic E-state index is 13.3. The molecule has 1 aliphatic heterocycles. The van der Waals surface area contributed by atoms with Gasteiger partial charge in [-0.15, -0.1) is 0 Å². The summed E-state index contributed by atoms with van der Waals surface area (Å²) < 4.78 is 19.2. The molecule has 0 spiro atoms. The lowest BCUT2D eigenvalue weighted by atomic mass is 9.94. The Morgan fingerprint density at radius 2 is 1.89 bits per heavy atom. The summed E-state index contributed by atoms with van der Waals surface area (Å²) in [6.45, 7) is 1.37. The number of pyridine rings is 2. The maximum Gasteiger partial charge on any atom is 0.255 e. The zero-order valence-electron chi connectivity index (χ0n) is 20.3. The molecule has 0 bridgehead atoms. The minimum atomic E-state index is -0.820. The van der Waals surface area contributed by atoms with Gasteiger partial charge in [-0.2, -0.15) is 5.26 Å². The van der Waals surface area contributed by atoms with Crippen molar-refractivity contribution in [3.63, 3.8) is 0 Å². The highest BCUT2D eigenvalue weighted by atomic mass is 32.2. The molecule has 2 N–H and O–H groups in total. The van der Waals surface area contributed by atoms with Crippen LogP contribution in [-0.2, 0) is 15.5 Å². The summed E-state index contributed by atoms with van der Waals surface area (Å²) in [5.41, 5.74) is 2.42. The smallest absolute Gasteiger partial charge is 0.255 e. The van der Waals surface area contributed by atoms with Gasteiger partial charge in [-0.1, -0.05) is 0 Å². The molecule has 2 aliphatic rings. The van der Waals surface area contributed by atoms with Crippen molar-refractivity contribution in [1.29, 1.82) is 5.26 Å². The average Bonchev–Trinajstić information content (AvgIpc) is 3.32. The van der Waals surface area contributed by atoms with Crippen LogP contribution < -0.4 is 10.6 Å². The molecule has 1 saturated heterocycles. The molecule has 1 aliphatic carbocycles. The summed E-state index contributed by atoms with van der Waals surface area (Å²) in [6, 6.07) is 7.97. The number of hydrogen-bond acceptors (Lipinski definition) is 7. The molecule has 2 fully saturated rings. The second kappa shape index (κ2) is 10.8. The van der Waals surface area contributed by atoms with Crippen molar-refractivity contribution in [2.45, 2.75) is 55.9 Å². The minimum absolute atomic E-state index is 0.0693. The van der Waals surface area contributed by atoms with Gasteiger partial charge in [0.05, 0.1) is 16.8 Å². The Morgan fingerprint density at radius 1 is 1.11 bits per heavy atom. The highest BCUT2D eigenvalue weighted by Gasteiger charge is 2.26. The highest BCUT2D eigenvalue weighted by molar-refractivity contribution is 7.84. The van der Waals surface area contributed by atoms with Crippen LogP contribution in [0.5, 0.6) is 0 Å². The molecular formula is C26H30N6O3S. The Balaban J connectivity index is 1.42. The predicted octanol–water partition coefficient (Wildman–Crippen LogP) is 3.30. The van der Waals surface area contributed by atoms with E-state index in [9.17, 15) is 14.3 Å². The number of nitrogens with zero attached hydrogens (tertiary/aromatic N) is 4. The van der Waals surface area contributed by atoms with E-state index in [4.69, 9.17) is 4.74 Å². The lowest BCUT2D eigenvalue weighted by Crippen LogP contribution is -2.39. The van der Waals surface area contributed by atoms with Crippen molar-refractivity contribution >= 4 is 33.4 Å². The zero-order valence-corrected chi connectivity index (χ0v) is 21.1. The zero-order chi connectivity index (χ0) is 25.1. The minimum Gasteiger partial charge on any atom is -0.381 e. The number of nitriles is 1. The molecule has 5 rings (SSSR count). The number of anilines is 1. The number of hydrogen-bond donors (Lipinski definition) is 2. The van der Waals surface area contributed by atoms with Gasteiger partial charge in [-0.3, -0.25) is 13.6 Å². The van der Waals surface area contributed by atoms with Crippen LogP contribution in [0.1, 0.15) is 54.4 Å². The van der Waals surface area contributed by atoms with Crippen LogP contribution in [0, 0.1) is 11.3 Å². The van der Waals surface area contributed by atoms with Crippen LogP contribution in [0.15, 0.2) is 36.8 Å². The van der Waals surface area contributed by atoms with E-state index in [-0.39, 0.29) is 23.2 Å². The third kappa shape index (κ3) is 5.27. The van der Waals surface area contributed by atoms with E-state index in [0.717, 1.165) is 49.6 Å². The highest BCUT2D eigenvalue weighted by Crippen LogP contribution is 2.26. The molecule has 1 unspecified atom stereocenters. The predicted molar refractivity (Wildman–Crippen MR) is 139 cm³/mol. The Hall–Kier alpha value is -3.29. The monoisotopic (exact) mass is 506 g/mol. The summed E-state index contributed by atoms with van der Waals surface area (Å²) in [4.78, 5) is 22.4. The molecule has 1 saturated carbocycles. The van der Waals surface area contributed by atoms with Gasteiger partial charge in [-0.05, 0) is 50.7 Å². The molecule has 188 valence electrons. The van der Waals surface area contributed by atoms with E-state index >= 15 is 0 Å². The van der Waals surface area contributed by atoms with Crippen molar-refractivity contribution in [3.8, 4) is 11.9 Å². The van der Waals surface area contributed by atoms with Gasteiger partial charge in [0.25, 0.3) is 5.91 Å². The molecule has 3 aromatic rings.